The lowest BCUT2D eigenvalue weighted by Gasteiger charge is -2.02. The Hall–Kier alpha value is -1.04. The van der Waals surface area contributed by atoms with Gasteiger partial charge in [0.1, 0.15) is 5.75 Å². The first-order valence-corrected chi connectivity index (χ1v) is 5.31. The minimum atomic E-state index is -0.0661. The first-order valence-electron chi connectivity index (χ1n) is 4.06. The molecule has 0 aliphatic rings. The Morgan fingerprint density at radius 3 is 2.64 bits per heavy atom. The van der Waals surface area contributed by atoms with Gasteiger partial charge in [-0.3, -0.25) is 4.79 Å². The standard InChI is InChI=1S/C10H10INO2/c11-7-1-2-10(14)12-8-3-5-9(13)6-4-8/h1,3-7,13H,2H2,(H,12,14)/b7-1+. The van der Waals surface area contributed by atoms with Gasteiger partial charge in [0.05, 0.1) is 0 Å². The van der Waals surface area contributed by atoms with Crippen LogP contribution in [0.15, 0.2) is 34.4 Å². The van der Waals surface area contributed by atoms with Gasteiger partial charge >= 0.3 is 0 Å². The van der Waals surface area contributed by atoms with Gasteiger partial charge in [-0.2, -0.15) is 0 Å². The monoisotopic (exact) mass is 303 g/mol. The Bertz CT molecular complexity index is 332. The van der Waals surface area contributed by atoms with Gasteiger partial charge < -0.3 is 10.4 Å². The van der Waals surface area contributed by atoms with Gasteiger partial charge in [0.15, 0.2) is 0 Å². The van der Waals surface area contributed by atoms with Crippen molar-refractivity contribution in [2.45, 2.75) is 6.42 Å². The van der Waals surface area contributed by atoms with E-state index < -0.39 is 0 Å². The van der Waals surface area contributed by atoms with Crippen LogP contribution in [-0.2, 0) is 4.79 Å². The molecule has 0 fully saturated rings. The summed E-state index contributed by atoms with van der Waals surface area (Å²) in [5.74, 6) is 0.124. The third kappa shape index (κ3) is 3.78. The molecule has 0 saturated carbocycles. The summed E-state index contributed by atoms with van der Waals surface area (Å²) in [6.07, 6.45) is 2.14. The van der Waals surface area contributed by atoms with E-state index in [0.717, 1.165) is 0 Å². The van der Waals surface area contributed by atoms with Crippen LogP contribution < -0.4 is 5.32 Å². The molecule has 1 aromatic rings. The molecule has 0 unspecified atom stereocenters. The number of halogens is 1. The number of carbonyl (C=O) groups is 1. The number of phenolic OH excluding ortho intramolecular Hbond substituents is 1. The van der Waals surface area contributed by atoms with Gasteiger partial charge in [0.25, 0.3) is 0 Å². The Balaban J connectivity index is 2.52. The third-order valence-corrected chi connectivity index (χ3v) is 2.05. The summed E-state index contributed by atoms with van der Waals surface area (Å²) in [7, 11) is 0. The van der Waals surface area contributed by atoms with E-state index in [1.807, 2.05) is 0 Å². The van der Waals surface area contributed by atoms with Crippen molar-refractivity contribution in [3.8, 4) is 5.75 Å². The first-order chi connectivity index (χ1) is 6.72. The normalized spacial score (nSPS) is 10.4. The number of anilines is 1. The van der Waals surface area contributed by atoms with E-state index in [9.17, 15) is 4.79 Å². The van der Waals surface area contributed by atoms with Crippen LogP contribution in [0.25, 0.3) is 0 Å². The van der Waals surface area contributed by atoms with Gasteiger partial charge in [-0.05, 0) is 28.3 Å². The lowest BCUT2D eigenvalue weighted by atomic mass is 10.3. The zero-order chi connectivity index (χ0) is 10.4. The second-order valence-corrected chi connectivity index (χ2v) is 3.38. The van der Waals surface area contributed by atoms with Crippen LogP contribution in [-0.4, -0.2) is 11.0 Å². The number of amides is 1. The van der Waals surface area contributed by atoms with E-state index in [4.69, 9.17) is 5.11 Å². The summed E-state index contributed by atoms with van der Waals surface area (Å²) < 4.78 is 1.80. The minimum absolute atomic E-state index is 0.0661. The molecule has 74 valence electrons. The highest BCUT2D eigenvalue weighted by molar-refractivity contribution is 14.1. The summed E-state index contributed by atoms with van der Waals surface area (Å²) in [6.45, 7) is 0. The van der Waals surface area contributed by atoms with E-state index in [1.54, 1.807) is 22.3 Å². The highest BCUT2D eigenvalue weighted by atomic mass is 127. The smallest absolute Gasteiger partial charge is 0.228 e. The Kier molecular flexibility index (Phi) is 4.45. The molecule has 0 heterocycles. The van der Waals surface area contributed by atoms with Crippen molar-refractivity contribution in [2.24, 2.45) is 0 Å². The van der Waals surface area contributed by atoms with Crippen molar-refractivity contribution in [1.29, 1.82) is 0 Å². The molecule has 2 N–H and O–H groups in total. The summed E-state index contributed by atoms with van der Waals surface area (Å²) in [5.41, 5.74) is 0.689. The van der Waals surface area contributed by atoms with Gasteiger partial charge in [0.2, 0.25) is 5.91 Å². The predicted molar refractivity (Wildman–Crippen MR) is 64.5 cm³/mol. The second kappa shape index (κ2) is 5.64. The van der Waals surface area contributed by atoms with E-state index in [2.05, 4.69) is 27.9 Å². The maximum absolute atomic E-state index is 11.2. The van der Waals surface area contributed by atoms with Crippen molar-refractivity contribution in [2.75, 3.05) is 5.32 Å². The Morgan fingerprint density at radius 1 is 1.43 bits per heavy atom. The molecule has 0 bridgehead atoms. The fourth-order valence-electron chi connectivity index (χ4n) is 0.908. The summed E-state index contributed by atoms with van der Waals surface area (Å²) in [5, 5.41) is 11.7. The number of hydrogen-bond donors (Lipinski definition) is 2. The maximum atomic E-state index is 11.2. The van der Waals surface area contributed by atoms with Gasteiger partial charge in [-0.25, -0.2) is 0 Å². The fourth-order valence-corrected chi connectivity index (χ4v) is 1.16. The minimum Gasteiger partial charge on any atom is -0.508 e. The second-order valence-electron chi connectivity index (χ2n) is 2.66. The van der Waals surface area contributed by atoms with E-state index in [0.29, 0.717) is 12.1 Å². The molecule has 0 aromatic heterocycles. The van der Waals surface area contributed by atoms with Crippen molar-refractivity contribution < 1.29 is 9.90 Å². The SMILES string of the molecule is O=C(C/C=C/I)Nc1ccc(O)cc1. The van der Waals surface area contributed by atoms with Gasteiger partial charge in [-0.15, -0.1) is 0 Å². The zero-order valence-electron chi connectivity index (χ0n) is 7.40. The molecule has 0 spiro atoms. The summed E-state index contributed by atoms with van der Waals surface area (Å²) >= 11 is 2.06. The van der Waals surface area contributed by atoms with Crippen molar-refractivity contribution in [3.05, 3.63) is 34.4 Å². The number of nitrogens with one attached hydrogen (secondary N) is 1. The van der Waals surface area contributed by atoms with Crippen LogP contribution in [0.3, 0.4) is 0 Å². The van der Waals surface area contributed by atoms with Crippen molar-refractivity contribution in [1.82, 2.24) is 0 Å². The van der Waals surface area contributed by atoms with Crippen molar-refractivity contribution >= 4 is 34.2 Å². The number of carbonyl (C=O) groups excluding carboxylic acids is 1. The molecule has 1 aromatic carbocycles. The van der Waals surface area contributed by atoms with Crippen LogP contribution in [0.2, 0.25) is 0 Å². The van der Waals surface area contributed by atoms with Gasteiger partial charge in [0, 0.05) is 12.1 Å². The van der Waals surface area contributed by atoms with E-state index >= 15 is 0 Å². The zero-order valence-corrected chi connectivity index (χ0v) is 9.56. The topological polar surface area (TPSA) is 49.3 Å². The largest absolute Gasteiger partial charge is 0.508 e. The number of aromatic hydroxyl groups is 1. The van der Waals surface area contributed by atoms with Gasteiger partial charge in [-0.1, -0.05) is 28.7 Å². The number of hydrogen-bond acceptors (Lipinski definition) is 2. The number of rotatable bonds is 3. The Morgan fingerprint density at radius 2 is 2.07 bits per heavy atom. The molecule has 0 atom stereocenters. The van der Waals surface area contributed by atoms with Crippen molar-refractivity contribution in [3.63, 3.8) is 0 Å². The van der Waals surface area contributed by atoms with Crippen LogP contribution in [0.5, 0.6) is 5.75 Å². The van der Waals surface area contributed by atoms with E-state index in [-0.39, 0.29) is 11.7 Å². The summed E-state index contributed by atoms with van der Waals surface area (Å²) in [6, 6.07) is 6.37. The number of phenols is 1. The average molecular weight is 303 g/mol. The highest BCUT2D eigenvalue weighted by Crippen LogP contribution is 2.13. The number of benzene rings is 1. The molecule has 0 saturated heterocycles. The molecular formula is C10H10INO2. The maximum Gasteiger partial charge on any atom is 0.228 e. The fraction of sp³-hybridized carbons (Fsp3) is 0.100. The molecule has 1 amide bonds. The molecule has 3 nitrogen and oxygen atoms in total. The Labute approximate surface area is 96.0 Å². The van der Waals surface area contributed by atoms with E-state index in [1.165, 1.54) is 12.1 Å². The molecular weight excluding hydrogens is 293 g/mol. The third-order valence-electron chi connectivity index (χ3n) is 1.54. The van der Waals surface area contributed by atoms with Crippen LogP contribution >= 0.6 is 22.6 Å². The average Bonchev–Trinajstić information content (AvgIpc) is 2.18. The molecule has 0 aliphatic carbocycles. The summed E-state index contributed by atoms with van der Waals surface area (Å²) in [4.78, 5) is 11.2. The van der Waals surface area contributed by atoms with Crippen LogP contribution in [0, 0.1) is 0 Å². The molecule has 4 heteroatoms. The highest BCUT2D eigenvalue weighted by Gasteiger charge is 1.98. The molecule has 14 heavy (non-hydrogen) atoms. The first kappa shape index (κ1) is 11.0. The quantitative estimate of drug-likeness (QED) is 0.666. The molecule has 1 rings (SSSR count). The predicted octanol–water partition coefficient (Wildman–Crippen LogP) is 2.67. The lowest BCUT2D eigenvalue weighted by molar-refractivity contribution is -0.115. The molecule has 0 aliphatic heterocycles. The van der Waals surface area contributed by atoms with Crippen LogP contribution in [0.1, 0.15) is 6.42 Å². The van der Waals surface area contributed by atoms with Crippen LogP contribution in [0.4, 0.5) is 5.69 Å². The molecule has 0 radical (unpaired) electrons. The lowest BCUT2D eigenvalue weighted by Crippen LogP contribution is -2.09.